The Morgan fingerprint density at radius 2 is 2.06 bits per heavy atom. The molecule has 18 heavy (non-hydrogen) atoms. The summed E-state index contributed by atoms with van der Waals surface area (Å²) in [5, 5.41) is 10.1. The lowest BCUT2D eigenvalue weighted by atomic mass is 9.83. The number of carbonyl (C=O) groups is 1. The van der Waals surface area contributed by atoms with Crippen molar-refractivity contribution in [3.63, 3.8) is 0 Å². The second-order valence-electron chi connectivity index (χ2n) is 5.28. The molecule has 0 unspecified atom stereocenters. The molecule has 0 atom stereocenters. The van der Waals surface area contributed by atoms with E-state index in [9.17, 15) is 14.3 Å². The third-order valence-corrected chi connectivity index (χ3v) is 3.66. The zero-order chi connectivity index (χ0) is 13.3. The van der Waals surface area contributed by atoms with Crippen LogP contribution in [-0.2, 0) is 11.2 Å². The average Bonchev–Trinajstić information content (AvgIpc) is 2.27. The minimum absolute atomic E-state index is 0.0564. The lowest BCUT2D eigenvalue weighted by Crippen LogP contribution is -2.66. The standard InChI is InChI=1S/C14H18FNO2/c1-10(2)14(18)8-16(9-14)13(17)7-11-5-3-4-6-12(11)15/h3-6,10,18H,7-9H2,1-2H3. The highest BCUT2D eigenvalue weighted by Crippen LogP contribution is 2.29. The van der Waals surface area contributed by atoms with E-state index in [1.165, 1.54) is 6.07 Å². The minimum Gasteiger partial charge on any atom is -0.386 e. The molecule has 0 aromatic heterocycles. The molecule has 1 aromatic carbocycles. The van der Waals surface area contributed by atoms with Crippen LogP contribution in [0.15, 0.2) is 24.3 Å². The Kier molecular flexibility index (Phi) is 3.39. The number of likely N-dealkylation sites (tertiary alicyclic amines) is 1. The molecule has 1 aliphatic heterocycles. The van der Waals surface area contributed by atoms with E-state index in [2.05, 4.69) is 0 Å². The third-order valence-electron chi connectivity index (χ3n) is 3.66. The molecule has 1 aromatic rings. The number of hydrogen-bond donors (Lipinski definition) is 1. The van der Waals surface area contributed by atoms with Crippen LogP contribution < -0.4 is 0 Å². The van der Waals surface area contributed by atoms with Crippen molar-refractivity contribution < 1.29 is 14.3 Å². The molecule has 1 aliphatic rings. The zero-order valence-corrected chi connectivity index (χ0v) is 10.7. The molecule has 0 radical (unpaired) electrons. The Bertz CT molecular complexity index is 453. The van der Waals surface area contributed by atoms with Crippen LogP contribution in [0, 0.1) is 11.7 Å². The third kappa shape index (κ3) is 2.38. The van der Waals surface area contributed by atoms with E-state index in [-0.39, 0.29) is 24.1 Å². The minimum atomic E-state index is -0.773. The van der Waals surface area contributed by atoms with Crippen LogP contribution in [0.4, 0.5) is 4.39 Å². The van der Waals surface area contributed by atoms with E-state index < -0.39 is 5.60 Å². The van der Waals surface area contributed by atoms with E-state index in [4.69, 9.17) is 0 Å². The number of rotatable bonds is 3. The summed E-state index contributed by atoms with van der Waals surface area (Å²) < 4.78 is 13.4. The molecule has 3 nitrogen and oxygen atoms in total. The lowest BCUT2D eigenvalue weighted by Gasteiger charge is -2.49. The van der Waals surface area contributed by atoms with Crippen molar-refractivity contribution in [1.29, 1.82) is 0 Å². The van der Waals surface area contributed by atoms with Crippen molar-refractivity contribution in [3.8, 4) is 0 Å². The van der Waals surface area contributed by atoms with E-state index >= 15 is 0 Å². The number of benzene rings is 1. The number of hydrogen-bond acceptors (Lipinski definition) is 2. The van der Waals surface area contributed by atoms with Gasteiger partial charge >= 0.3 is 0 Å². The molecule has 0 spiro atoms. The summed E-state index contributed by atoms with van der Waals surface area (Å²) in [6.45, 7) is 4.55. The first-order valence-corrected chi connectivity index (χ1v) is 6.16. The van der Waals surface area contributed by atoms with Crippen molar-refractivity contribution in [3.05, 3.63) is 35.6 Å². The van der Waals surface area contributed by atoms with Gasteiger partial charge < -0.3 is 10.0 Å². The van der Waals surface area contributed by atoms with E-state index in [1.807, 2.05) is 13.8 Å². The van der Waals surface area contributed by atoms with E-state index in [1.54, 1.807) is 23.1 Å². The number of aliphatic hydroxyl groups is 1. The van der Waals surface area contributed by atoms with Gasteiger partial charge in [0.05, 0.1) is 19.5 Å². The molecule has 2 rings (SSSR count). The smallest absolute Gasteiger partial charge is 0.227 e. The Balaban J connectivity index is 1.94. The Morgan fingerprint density at radius 1 is 1.44 bits per heavy atom. The Morgan fingerprint density at radius 3 is 2.61 bits per heavy atom. The second kappa shape index (κ2) is 4.69. The van der Waals surface area contributed by atoms with Crippen LogP contribution in [-0.4, -0.2) is 34.6 Å². The fourth-order valence-electron chi connectivity index (χ4n) is 2.07. The van der Waals surface area contributed by atoms with E-state index in [0.29, 0.717) is 18.7 Å². The SMILES string of the molecule is CC(C)C1(O)CN(C(=O)Cc2ccccc2F)C1. The lowest BCUT2D eigenvalue weighted by molar-refractivity contribution is -0.163. The number of β-amino-alcohol motifs (C(OH)–C–C–N with tert-alkyl or cyclic N) is 1. The van der Waals surface area contributed by atoms with Crippen LogP contribution in [0.1, 0.15) is 19.4 Å². The average molecular weight is 251 g/mol. The monoisotopic (exact) mass is 251 g/mol. The molecular weight excluding hydrogens is 233 g/mol. The van der Waals surface area contributed by atoms with Gasteiger partial charge in [-0.3, -0.25) is 4.79 Å². The molecule has 0 aliphatic carbocycles. The summed E-state index contributed by atoms with van der Waals surface area (Å²) in [6, 6.07) is 6.28. The van der Waals surface area contributed by atoms with Crippen LogP contribution in [0.25, 0.3) is 0 Å². The van der Waals surface area contributed by atoms with Gasteiger partial charge in [0, 0.05) is 0 Å². The van der Waals surface area contributed by atoms with Crippen molar-refractivity contribution in [1.82, 2.24) is 4.90 Å². The second-order valence-corrected chi connectivity index (χ2v) is 5.28. The van der Waals surface area contributed by atoms with Gasteiger partial charge in [0.1, 0.15) is 11.4 Å². The van der Waals surface area contributed by atoms with E-state index in [0.717, 1.165) is 0 Å². The summed E-state index contributed by atoms with van der Waals surface area (Å²) in [6.07, 6.45) is 0.0564. The molecule has 4 heteroatoms. The quantitative estimate of drug-likeness (QED) is 0.886. The molecule has 1 amide bonds. The highest BCUT2D eigenvalue weighted by atomic mass is 19.1. The number of amides is 1. The van der Waals surface area contributed by atoms with Gasteiger partial charge in [-0.15, -0.1) is 0 Å². The zero-order valence-electron chi connectivity index (χ0n) is 10.7. The molecule has 0 saturated carbocycles. The van der Waals surface area contributed by atoms with Gasteiger partial charge in [0.15, 0.2) is 0 Å². The first kappa shape index (κ1) is 13.0. The maximum atomic E-state index is 13.4. The fraction of sp³-hybridized carbons (Fsp3) is 0.500. The maximum Gasteiger partial charge on any atom is 0.227 e. The van der Waals surface area contributed by atoms with Crippen LogP contribution >= 0.6 is 0 Å². The van der Waals surface area contributed by atoms with Crippen LogP contribution in [0.5, 0.6) is 0 Å². The molecule has 1 saturated heterocycles. The summed E-state index contributed by atoms with van der Waals surface area (Å²) in [7, 11) is 0. The van der Waals surface area contributed by atoms with Crippen LogP contribution in [0.3, 0.4) is 0 Å². The van der Waals surface area contributed by atoms with Gasteiger partial charge in [-0.1, -0.05) is 32.0 Å². The molecule has 0 bridgehead atoms. The first-order valence-electron chi connectivity index (χ1n) is 6.16. The highest BCUT2D eigenvalue weighted by Gasteiger charge is 2.45. The topological polar surface area (TPSA) is 40.5 Å². The fourth-order valence-corrected chi connectivity index (χ4v) is 2.07. The molecule has 1 N–H and O–H groups in total. The van der Waals surface area contributed by atoms with Crippen molar-refractivity contribution in [2.24, 2.45) is 5.92 Å². The van der Waals surface area contributed by atoms with Crippen molar-refractivity contribution >= 4 is 5.91 Å². The Labute approximate surface area is 106 Å². The van der Waals surface area contributed by atoms with Crippen molar-refractivity contribution in [2.75, 3.05) is 13.1 Å². The molecular formula is C14H18FNO2. The largest absolute Gasteiger partial charge is 0.386 e. The maximum absolute atomic E-state index is 13.4. The van der Waals surface area contributed by atoms with Gasteiger partial charge in [0.25, 0.3) is 0 Å². The van der Waals surface area contributed by atoms with Crippen LogP contribution in [0.2, 0.25) is 0 Å². The number of halogens is 1. The number of carbonyl (C=O) groups excluding carboxylic acids is 1. The normalized spacial score (nSPS) is 17.7. The first-order chi connectivity index (χ1) is 8.42. The summed E-state index contributed by atoms with van der Waals surface area (Å²) in [5.74, 6) is -0.370. The molecule has 1 heterocycles. The van der Waals surface area contributed by atoms with Gasteiger partial charge in [-0.05, 0) is 17.5 Å². The van der Waals surface area contributed by atoms with Gasteiger partial charge in [-0.2, -0.15) is 0 Å². The molecule has 98 valence electrons. The number of nitrogens with zero attached hydrogens (tertiary/aromatic N) is 1. The van der Waals surface area contributed by atoms with Gasteiger partial charge in [0.2, 0.25) is 5.91 Å². The summed E-state index contributed by atoms with van der Waals surface area (Å²) >= 11 is 0. The molecule has 1 fully saturated rings. The predicted octanol–water partition coefficient (Wildman–Crippen LogP) is 1.60. The highest BCUT2D eigenvalue weighted by molar-refractivity contribution is 5.80. The van der Waals surface area contributed by atoms with Gasteiger partial charge in [-0.25, -0.2) is 4.39 Å². The Hall–Kier alpha value is -1.42. The summed E-state index contributed by atoms with van der Waals surface area (Å²) in [4.78, 5) is 13.5. The van der Waals surface area contributed by atoms with Crippen molar-refractivity contribution in [2.45, 2.75) is 25.9 Å². The summed E-state index contributed by atoms with van der Waals surface area (Å²) in [5.41, 5.74) is -0.368. The predicted molar refractivity (Wildman–Crippen MR) is 66.5 cm³/mol.